The van der Waals surface area contributed by atoms with Crippen LogP contribution in [-0.4, -0.2) is 42.1 Å². The van der Waals surface area contributed by atoms with E-state index in [1.807, 2.05) is 60.1 Å². The second-order valence-corrected chi connectivity index (χ2v) is 6.83. The fourth-order valence-corrected chi connectivity index (χ4v) is 3.76. The molecule has 1 aliphatic rings. The Labute approximate surface area is 156 Å². The smallest absolute Gasteiger partial charge is 0.275 e. The summed E-state index contributed by atoms with van der Waals surface area (Å²) in [4.78, 5) is 25.8. The van der Waals surface area contributed by atoms with Crippen molar-refractivity contribution < 1.29 is 4.79 Å². The van der Waals surface area contributed by atoms with Gasteiger partial charge >= 0.3 is 0 Å². The monoisotopic (exact) mass is 365 g/mol. The van der Waals surface area contributed by atoms with Crippen LogP contribution in [0.5, 0.6) is 0 Å². The number of anilines is 3. The van der Waals surface area contributed by atoms with Crippen molar-refractivity contribution in [3.8, 4) is 0 Å². The average Bonchev–Trinajstić information content (AvgIpc) is 3.20. The normalized spacial score (nSPS) is 14.3. The van der Waals surface area contributed by atoms with Crippen LogP contribution in [0.1, 0.15) is 10.5 Å². The van der Waals surface area contributed by atoms with Crippen molar-refractivity contribution in [2.75, 3.05) is 41.3 Å². The van der Waals surface area contributed by atoms with Gasteiger partial charge in [-0.05, 0) is 24.3 Å². The fraction of sp³-hybridized carbons (Fsp3) is 0.211. The minimum absolute atomic E-state index is 0.175. The number of aromatic nitrogens is 2. The van der Waals surface area contributed by atoms with E-state index in [2.05, 4.69) is 25.1 Å². The lowest BCUT2D eigenvalue weighted by Crippen LogP contribution is -2.46. The van der Waals surface area contributed by atoms with Crippen LogP contribution < -0.4 is 15.1 Å². The molecule has 0 atom stereocenters. The number of para-hydroxylation sites is 1. The molecule has 1 fully saturated rings. The summed E-state index contributed by atoms with van der Waals surface area (Å²) in [7, 11) is 0. The number of nitrogens with zero attached hydrogens (tertiary/aromatic N) is 4. The molecule has 0 unspecified atom stereocenters. The predicted molar refractivity (Wildman–Crippen MR) is 105 cm³/mol. The van der Waals surface area contributed by atoms with Crippen molar-refractivity contribution in [1.82, 2.24) is 9.97 Å². The zero-order valence-corrected chi connectivity index (χ0v) is 15.0. The highest BCUT2D eigenvalue weighted by atomic mass is 32.1. The number of rotatable bonds is 4. The molecule has 0 spiro atoms. The Balaban J connectivity index is 1.37. The molecular formula is C19H19N5OS. The van der Waals surface area contributed by atoms with Crippen LogP contribution in [0, 0.1) is 0 Å². The Morgan fingerprint density at radius 3 is 2.42 bits per heavy atom. The van der Waals surface area contributed by atoms with E-state index < -0.39 is 0 Å². The van der Waals surface area contributed by atoms with E-state index in [9.17, 15) is 4.79 Å². The molecule has 6 nitrogen and oxygen atoms in total. The van der Waals surface area contributed by atoms with Crippen molar-refractivity contribution in [2.45, 2.75) is 0 Å². The molecule has 132 valence electrons. The molecule has 0 bridgehead atoms. The van der Waals surface area contributed by atoms with Crippen LogP contribution in [0.2, 0.25) is 0 Å². The second kappa shape index (κ2) is 7.53. The minimum atomic E-state index is -0.175. The van der Waals surface area contributed by atoms with Gasteiger partial charge in [0, 0.05) is 43.4 Å². The van der Waals surface area contributed by atoms with Gasteiger partial charge in [0.25, 0.3) is 5.91 Å². The van der Waals surface area contributed by atoms with E-state index in [1.54, 1.807) is 0 Å². The average molecular weight is 365 g/mol. The van der Waals surface area contributed by atoms with Crippen LogP contribution >= 0.6 is 11.3 Å². The highest BCUT2D eigenvalue weighted by Crippen LogP contribution is 2.23. The first kappa shape index (κ1) is 16.5. The quantitative estimate of drug-likeness (QED) is 0.770. The van der Waals surface area contributed by atoms with Gasteiger partial charge in [0.15, 0.2) is 5.13 Å². The van der Waals surface area contributed by atoms with Gasteiger partial charge in [-0.25, -0.2) is 9.97 Å². The highest BCUT2D eigenvalue weighted by molar-refractivity contribution is 7.14. The van der Waals surface area contributed by atoms with E-state index >= 15 is 0 Å². The number of pyridine rings is 1. The van der Waals surface area contributed by atoms with Crippen LogP contribution in [-0.2, 0) is 0 Å². The molecule has 1 aromatic carbocycles. The Hall–Kier alpha value is -2.93. The van der Waals surface area contributed by atoms with Gasteiger partial charge < -0.3 is 15.1 Å². The minimum Gasteiger partial charge on any atom is -0.353 e. The third-order valence-corrected chi connectivity index (χ3v) is 5.18. The summed E-state index contributed by atoms with van der Waals surface area (Å²) in [6.07, 6.45) is 1.82. The number of nitrogens with one attached hydrogen (secondary N) is 1. The fourth-order valence-electron chi connectivity index (χ4n) is 2.90. The van der Waals surface area contributed by atoms with Gasteiger partial charge in [-0.2, -0.15) is 0 Å². The van der Waals surface area contributed by atoms with Crippen molar-refractivity contribution in [3.05, 3.63) is 65.8 Å². The molecule has 4 rings (SSSR count). The Morgan fingerprint density at radius 1 is 0.962 bits per heavy atom. The molecule has 1 saturated heterocycles. The summed E-state index contributed by atoms with van der Waals surface area (Å²) >= 11 is 1.51. The second-order valence-electron chi connectivity index (χ2n) is 6.00. The number of carbonyl (C=O) groups is 1. The van der Waals surface area contributed by atoms with E-state index in [4.69, 9.17) is 0 Å². The van der Waals surface area contributed by atoms with Crippen molar-refractivity contribution >= 4 is 33.9 Å². The lowest BCUT2D eigenvalue weighted by molar-refractivity contribution is 0.102. The lowest BCUT2D eigenvalue weighted by atomic mass is 10.3. The van der Waals surface area contributed by atoms with Crippen molar-refractivity contribution in [1.29, 1.82) is 0 Å². The van der Waals surface area contributed by atoms with E-state index in [0.717, 1.165) is 42.8 Å². The van der Waals surface area contributed by atoms with Crippen molar-refractivity contribution in [2.24, 2.45) is 0 Å². The first-order chi connectivity index (χ1) is 12.8. The number of amides is 1. The number of piperazine rings is 1. The summed E-state index contributed by atoms with van der Waals surface area (Å²) in [5, 5.41) is 5.58. The molecule has 2 aromatic heterocycles. The van der Waals surface area contributed by atoms with Gasteiger partial charge in [0.2, 0.25) is 0 Å². The van der Waals surface area contributed by atoms with Crippen LogP contribution in [0.4, 0.5) is 16.6 Å². The van der Waals surface area contributed by atoms with Crippen LogP contribution in [0.25, 0.3) is 0 Å². The maximum absolute atomic E-state index is 12.3. The molecule has 26 heavy (non-hydrogen) atoms. The number of thiazole rings is 1. The molecule has 1 amide bonds. The molecular weight excluding hydrogens is 346 g/mol. The molecule has 1 aliphatic heterocycles. The van der Waals surface area contributed by atoms with E-state index in [1.165, 1.54) is 11.3 Å². The van der Waals surface area contributed by atoms with Gasteiger partial charge in [-0.3, -0.25) is 4.79 Å². The van der Waals surface area contributed by atoms with Gasteiger partial charge in [-0.1, -0.05) is 24.3 Å². The molecule has 1 N–H and O–H groups in total. The lowest BCUT2D eigenvalue weighted by Gasteiger charge is -2.35. The summed E-state index contributed by atoms with van der Waals surface area (Å²) in [5.74, 6) is 0.833. The molecule has 7 heteroatoms. The van der Waals surface area contributed by atoms with Crippen LogP contribution in [0.15, 0.2) is 60.1 Å². The number of hydrogen-bond donors (Lipinski definition) is 1. The number of hydrogen-bond acceptors (Lipinski definition) is 6. The third kappa shape index (κ3) is 3.67. The summed E-state index contributed by atoms with van der Waals surface area (Å²) < 4.78 is 0. The topological polar surface area (TPSA) is 61.4 Å². The first-order valence-corrected chi connectivity index (χ1v) is 9.40. The zero-order valence-electron chi connectivity index (χ0n) is 14.2. The molecule has 0 saturated carbocycles. The summed E-state index contributed by atoms with van der Waals surface area (Å²) in [6, 6.07) is 15.4. The van der Waals surface area contributed by atoms with Gasteiger partial charge in [-0.15, -0.1) is 11.3 Å². The SMILES string of the molecule is O=C(Nc1ccccc1)c1csc(N2CCN(c3ccccn3)CC2)n1. The number of benzene rings is 1. The van der Waals surface area contributed by atoms with E-state index in [0.29, 0.717) is 5.69 Å². The summed E-state index contributed by atoms with van der Waals surface area (Å²) in [5.41, 5.74) is 1.23. The Morgan fingerprint density at radius 2 is 1.69 bits per heavy atom. The molecule has 3 heterocycles. The summed E-state index contributed by atoms with van der Waals surface area (Å²) in [6.45, 7) is 3.51. The zero-order chi connectivity index (χ0) is 17.8. The maximum Gasteiger partial charge on any atom is 0.275 e. The van der Waals surface area contributed by atoms with Crippen molar-refractivity contribution in [3.63, 3.8) is 0 Å². The molecule has 0 radical (unpaired) electrons. The molecule has 0 aliphatic carbocycles. The van der Waals surface area contributed by atoms with Crippen LogP contribution in [0.3, 0.4) is 0 Å². The first-order valence-electron chi connectivity index (χ1n) is 8.52. The standard InChI is InChI=1S/C19H19N5OS/c25-18(21-15-6-2-1-3-7-15)16-14-26-19(22-16)24-12-10-23(11-13-24)17-8-4-5-9-20-17/h1-9,14H,10-13H2,(H,21,25). The maximum atomic E-state index is 12.3. The largest absolute Gasteiger partial charge is 0.353 e. The predicted octanol–water partition coefficient (Wildman–Crippen LogP) is 3.12. The third-order valence-electron chi connectivity index (χ3n) is 4.28. The Bertz CT molecular complexity index is 860. The highest BCUT2D eigenvalue weighted by Gasteiger charge is 2.21. The molecule has 3 aromatic rings. The number of carbonyl (C=O) groups excluding carboxylic acids is 1. The van der Waals surface area contributed by atoms with E-state index in [-0.39, 0.29) is 5.91 Å². The van der Waals surface area contributed by atoms with Gasteiger partial charge in [0.1, 0.15) is 11.5 Å². The van der Waals surface area contributed by atoms with Gasteiger partial charge in [0.05, 0.1) is 0 Å². The Kier molecular flexibility index (Phi) is 4.79.